The van der Waals surface area contributed by atoms with Crippen LogP contribution in [0.25, 0.3) is 0 Å². The molecule has 0 saturated carbocycles. The van der Waals surface area contributed by atoms with Crippen molar-refractivity contribution in [1.29, 1.82) is 0 Å². The summed E-state index contributed by atoms with van der Waals surface area (Å²) < 4.78 is 0. The van der Waals surface area contributed by atoms with Gasteiger partial charge in [-0.1, -0.05) is 30.3 Å². The standard InChI is InChI=1S/C8H11NO3/c9-6-8(10,12-11)7-4-2-1-3-5-7/h1-5,10-11H,6,9H2. The second kappa shape index (κ2) is 3.64. The number of benzene rings is 1. The average molecular weight is 169 g/mol. The van der Waals surface area contributed by atoms with E-state index in [1.165, 1.54) is 0 Å². The van der Waals surface area contributed by atoms with Crippen LogP contribution in [0.1, 0.15) is 5.56 Å². The van der Waals surface area contributed by atoms with Gasteiger partial charge in [0.1, 0.15) is 0 Å². The fourth-order valence-electron chi connectivity index (χ4n) is 0.906. The minimum absolute atomic E-state index is 0.201. The second-order valence-corrected chi connectivity index (χ2v) is 2.45. The SMILES string of the molecule is NCC(O)(OO)c1ccccc1. The van der Waals surface area contributed by atoms with Gasteiger partial charge in [-0.05, 0) is 0 Å². The molecule has 0 heterocycles. The summed E-state index contributed by atoms with van der Waals surface area (Å²) in [7, 11) is 0. The lowest BCUT2D eigenvalue weighted by atomic mass is 10.1. The Kier molecular flexibility index (Phi) is 2.78. The van der Waals surface area contributed by atoms with E-state index in [-0.39, 0.29) is 6.54 Å². The minimum Gasteiger partial charge on any atom is -0.359 e. The van der Waals surface area contributed by atoms with Gasteiger partial charge in [-0.15, -0.1) is 0 Å². The van der Waals surface area contributed by atoms with Crippen molar-refractivity contribution in [1.82, 2.24) is 0 Å². The lowest BCUT2D eigenvalue weighted by Crippen LogP contribution is -2.36. The maximum absolute atomic E-state index is 9.50. The van der Waals surface area contributed by atoms with E-state index >= 15 is 0 Å². The molecule has 66 valence electrons. The maximum atomic E-state index is 9.50. The average Bonchev–Trinajstić information content (AvgIpc) is 2.18. The first-order chi connectivity index (χ1) is 5.73. The molecule has 1 atom stereocenters. The molecule has 0 fully saturated rings. The Morgan fingerprint density at radius 2 is 1.92 bits per heavy atom. The van der Waals surface area contributed by atoms with E-state index in [0.29, 0.717) is 5.56 Å². The molecule has 0 spiro atoms. The van der Waals surface area contributed by atoms with E-state index in [9.17, 15) is 5.11 Å². The lowest BCUT2D eigenvalue weighted by molar-refractivity contribution is -0.396. The van der Waals surface area contributed by atoms with Crippen LogP contribution in [0.2, 0.25) is 0 Å². The van der Waals surface area contributed by atoms with E-state index in [1.807, 2.05) is 0 Å². The Labute approximate surface area is 70.1 Å². The van der Waals surface area contributed by atoms with Gasteiger partial charge in [-0.3, -0.25) is 0 Å². The van der Waals surface area contributed by atoms with Gasteiger partial charge in [0, 0.05) is 5.56 Å². The highest BCUT2D eigenvalue weighted by Gasteiger charge is 2.28. The largest absolute Gasteiger partial charge is 0.359 e. The van der Waals surface area contributed by atoms with Gasteiger partial charge in [0.2, 0.25) is 5.79 Å². The molecule has 12 heavy (non-hydrogen) atoms. The van der Waals surface area contributed by atoms with Crippen molar-refractivity contribution in [2.24, 2.45) is 5.73 Å². The van der Waals surface area contributed by atoms with Crippen molar-refractivity contribution < 1.29 is 15.3 Å². The summed E-state index contributed by atoms with van der Waals surface area (Å²) in [6.45, 7) is -0.201. The van der Waals surface area contributed by atoms with E-state index in [1.54, 1.807) is 30.3 Å². The number of rotatable bonds is 3. The van der Waals surface area contributed by atoms with Crippen LogP contribution in [0.4, 0.5) is 0 Å². The molecule has 0 bridgehead atoms. The molecular formula is C8H11NO3. The number of nitrogens with two attached hydrogens (primary N) is 1. The fraction of sp³-hybridized carbons (Fsp3) is 0.250. The monoisotopic (exact) mass is 169 g/mol. The van der Waals surface area contributed by atoms with Crippen LogP contribution in [0.5, 0.6) is 0 Å². The topological polar surface area (TPSA) is 75.7 Å². The number of aliphatic hydroxyl groups is 1. The zero-order valence-electron chi connectivity index (χ0n) is 6.47. The molecule has 0 aromatic heterocycles. The van der Waals surface area contributed by atoms with Crippen molar-refractivity contribution in [3.8, 4) is 0 Å². The molecule has 0 aliphatic rings. The first-order valence-corrected chi connectivity index (χ1v) is 3.53. The summed E-state index contributed by atoms with van der Waals surface area (Å²) in [6.07, 6.45) is 0. The Balaban J connectivity index is 2.95. The summed E-state index contributed by atoms with van der Waals surface area (Å²) in [5.74, 6) is -1.79. The summed E-state index contributed by atoms with van der Waals surface area (Å²) >= 11 is 0. The van der Waals surface area contributed by atoms with Gasteiger partial charge in [-0.2, -0.15) is 4.89 Å². The predicted octanol–water partition coefficient (Wildman–Crippen LogP) is 0.280. The Bertz CT molecular complexity index is 233. The van der Waals surface area contributed by atoms with Crippen LogP contribution in [0, 0.1) is 0 Å². The van der Waals surface area contributed by atoms with E-state index in [0.717, 1.165) is 0 Å². The molecule has 0 aliphatic heterocycles. The van der Waals surface area contributed by atoms with Crippen LogP contribution in [0.3, 0.4) is 0 Å². The third-order valence-electron chi connectivity index (χ3n) is 1.65. The molecule has 0 saturated heterocycles. The van der Waals surface area contributed by atoms with Crippen LogP contribution in [-0.2, 0) is 10.7 Å². The van der Waals surface area contributed by atoms with Crippen LogP contribution < -0.4 is 5.73 Å². The molecule has 4 heteroatoms. The molecule has 0 aliphatic carbocycles. The van der Waals surface area contributed by atoms with Gasteiger partial charge in [-0.25, -0.2) is 5.26 Å². The summed E-state index contributed by atoms with van der Waals surface area (Å²) in [5, 5.41) is 17.9. The predicted molar refractivity (Wildman–Crippen MR) is 43.1 cm³/mol. The third-order valence-corrected chi connectivity index (χ3v) is 1.65. The highest BCUT2D eigenvalue weighted by molar-refractivity contribution is 5.19. The van der Waals surface area contributed by atoms with Crippen molar-refractivity contribution in [3.05, 3.63) is 35.9 Å². The highest BCUT2D eigenvalue weighted by Crippen LogP contribution is 2.19. The molecule has 4 N–H and O–H groups in total. The van der Waals surface area contributed by atoms with Gasteiger partial charge < -0.3 is 10.8 Å². The fourth-order valence-corrected chi connectivity index (χ4v) is 0.906. The molecule has 1 aromatic rings. The van der Waals surface area contributed by atoms with Gasteiger partial charge in [0.05, 0.1) is 6.54 Å². The quantitative estimate of drug-likeness (QED) is 0.345. The van der Waals surface area contributed by atoms with Crippen LogP contribution >= 0.6 is 0 Å². The molecule has 0 amide bonds. The van der Waals surface area contributed by atoms with E-state index in [4.69, 9.17) is 11.0 Å². The molecule has 4 nitrogen and oxygen atoms in total. The first kappa shape index (κ1) is 9.15. The van der Waals surface area contributed by atoms with Crippen molar-refractivity contribution >= 4 is 0 Å². The zero-order valence-corrected chi connectivity index (χ0v) is 6.47. The van der Waals surface area contributed by atoms with Gasteiger partial charge in [0.25, 0.3) is 0 Å². The van der Waals surface area contributed by atoms with Gasteiger partial charge in [0.15, 0.2) is 0 Å². The Hall–Kier alpha value is -0.940. The molecule has 1 aromatic carbocycles. The first-order valence-electron chi connectivity index (χ1n) is 3.53. The molecular weight excluding hydrogens is 158 g/mol. The molecule has 0 radical (unpaired) electrons. The van der Waals surface area contributed by atoms with Crippen molar-refractivity contribution in [3.63, 3.8) is 0 Å². The van der Waals surface area contributed by atoms with Crippen LogP contribution in [0.15, 0.2) is 30.3 Å². The normalized spacial score (nSPS) is 15.6. The summed E-state index contributed by atoms with van der Waals surface area (Å²) in [4.78, 5) is 3.90. The molecule has 1 rings (SSSR count). The number of hydrogen-bond donors (Lipinski definition) is 3. The Morgan fingerprint density at radius 1 is 1.33 bits per heavy atom. The maximum Gasteiger partial charge on any atom is 0.237 e. The van der Waals surface area contributed by atoms with Crippen molar-refractivity contribution in [2.75, 3.05) is 6.54 Å². The van der Waals surface area contributed by atoms with Gasteiger partial charge >= 0.3 is 0 Å². The molecule has 1 unspecified atom stereocenters. The summed E-state index contributed by atoms with van der Waals surface area (Å²) in [5.41, 5.74) is 5.64. The summed E-state index contributed by atoms with van der Waals surface area (Å²) in [6, 6.07) is 8.45. The zero-order chi connectivity index (χ0) is 9.03. The number of hydrogen-bond acceptors (Lipinski definition) is 4. The van der Waals surface area contributed by atoms with E-state index < -0.39 is 5.79 Å². The van der Waals surface area contributed by atoms with Crippen molar-refractivity contribution in [2.45, 2.75) is 5.79 Å². The highest BCUT2D eigenvalue weighted by atomic mass is 17.1. The second-order valence-electron chi connectivity index (χ2n) is 2.45. The van der Waals surface area contributed by atoms with E-state index in [2.05, 4.69) is 4.89 Å². The minimum atomic E-state index is -1.79. The third kappa shape index (κ3) is 1.62. The lowest BCUT2D eigenvalue weighted by Gasteiger charge is -2.22. The Morgan fingerprint density at radius 3 is 2.33 bits per heavy atom. The van der Waals surface area contributed by atoms with Crippen LogP contribution in [-0.4, -0.2) is 16.9 Å². The smallest absolute Gasteiger partial charge is 0.237 e.